The van der Waals surface area contributed by atoms with Crippen LogP contribution in [0.3, 0.4) is 0 Å². The largest absolute Gasteiger partial charge is 0.463 e. The molecule has 0 aromatic carbocycles. The third kappa shape index (κ3) is 7.65. The number of esters is 1. The number of oxime groups is 1. The minimum atomic E-state index is -0.771. The first-order valence-corrected chi connectivity index (χ1v) is 10.8. The van der Waals surface area contributed by atoms with Crippen LogP contribution in [0.4, 0.5) is 5.13 Å². The van der Waals surface area contributed by atoms with E-state index in [2.05, 4.69) is 26.1 Å². The van der Waals surface area contributed by atoms with Crippen molar-refractivity contribution in [3.8, 4) is 0 Å². The first-order valence-electron chi connectivity index (χ1n) is 8.48. The van der Waals surface area contributed by atoms with Crippen molar-refractivity contribution in [1.82, 2.24) is 15.6 Å². The zero-order valence-electron chi connectivity index (χ0n) is 15.6. The van der Waals surface area contributed by atoms with Crippen LogP contribution in [0, 0.1) is 0 Å². The van der Waals surface area contributed by atoms with E-state index in [1.54, 1.807) is 12.3 Å². The molecule has 1 aromatic rings. The SMILES string of the molecule is CCOC(=O)/C=C/S[C@H]1NC(=O)[C@H]1NC(=O)C=NOCc1csc(NC(=O)CCl)n1. The third-order valence-electron chi connectivity index (χ3n) is 3.26. The molecule has 2 rings (SSSR count). The molecule has 0 aliphatic carbocycles. The predicted octanol–water partition coefficient (Wildman–Crippen LogP) is 0.574. The maximum Gasteiger partial charge on any atom is 0.331 e. The number of aromatic nitrogens is 1. The molecule has 1 aromatic heterocycles. The van der Waals surface area contributed by atoms with E-state index >= 15 is 0 Å². The van der Waals surface area contributed by atoms with E-state index < -0.39 is 23.3 Å². The predicted molar refractivity (Wildman–Crippen MR) is 112 cm³/mol. The average molecular weight is 476 g/mol. The number of nitrogens with zero attached hydrogens (tertiary/aromatic N) is 2. The molecular weight excluding hydrogens is 458 g/mol. The highest BCUT2D eigenvalue weighted by atomic mass is 35.5. The van der Waals surface area contributed by atoms with Crippen LogP contribution >= 0.6 is 34.7 Å². The van der Waals surface area contributed by atoms with Gasteiger partial charge in [0.15, 0.2) is 11.7 Å². The standard InChI is InChI=1S/C16H18ClN5O6S2/c1-2-27-12(25)3-4-29-15-13(14(26)22-15)20-11(24)6-18-28-7-9-8-30-16(19-9)21-10(23)5-17/h3-4,6,8,13,15H,2,5,7H2,1H3,(H,20,24)(H,22,26)(H,19,21,23)/b4-3+,18-6?/t13-,15-/m1/s1. The molecule has 2 atom stereocenters. The molecule has 0 saturated carbocycles. The van der Waals surface area contributed by atoms with Gasteiger partial charge in [-0.15, -0.1) is 34.7 Å². The number of rotatable bonds is 11. The molecule has 3 amide bonds. The van der Waals surface area contributed by atoms with E-state index in [0.717, 1.165) is 18.0 Å². The molecule has 1 aliphatic rings. The Balaban J connectivity index is 1.71. The van der Waals surface area contributed by atoms with Crippen molar-refractivity contribution in [1.29, 1.82) is 0 Å². The smallest absolute Gasteiger partial charge is 0.331 e. The molecule has 2 heterocycles. The molecule has 162 valence electrons. The molecule has 0 radical (unpaired) electrons. The summed E-state index contributed by atoms with van der Waals surface area (Å²) in [4.78, 5) is 55.0. The Kier molecular flexibility index (Phi) is 9.57. The number of carbonyl (C=O) groups is 4. The summed E-state index contributed by atoms with van der Waals surface area (Å²) in [5.74, 6) is -2.02. The normalized spacial score (nSPS) is 18.0. The second-order valence-corrected chi connectivity index (χ2v) is 7.62. The van der Waals surface area contributed by atoms with E-state index in [0.29, 0.717) is 10.8 Å². The first kappa shape index (κ1) is 23.6. The lowest BCUT2D eigenvalue weighted by atomic mass is 10.1. The molecule has 1 aliphatic heterocycles. The number of hydrogen-bond donors (Lipinski definition) is 3. The number of thioether (sulfide) groups is 1. The van der Waals surface area contributed by atoms with Crippen molar-refractivity contribution < 1.29 is 28.8 Å². The summed E-state index contributed by atoms with van der Waals surface area (Å²) in [5.41, 5.74) is 0.505. The van der Waals surface area contributed by atoms with Crippen molar-refractivity contribution in [2.75, 3.05) is 17.8 Å². The number of thiazole rings is 1. The molecule has 1 fully saturated rings. The van der Waals surface area contributed by atoms with Crippen LogP contribution in [0.1, 0.15) is 12.6 Å². The first-order chi connectivity index (χ1) is 14.4. The van der Waals surface area contributed by atoms with Crippen molar-refractivity contribution in [2.24, 2.45) is 5.16 Å². The number of ether oxygens (including phenoxy) is 1. The van der Waals surface area contributed by atoms with Crippen molar-refractivity contribution >= 4 is 69.7 Å². The van der Waals surface area contributed by atoms with Gasteiger partial charge in [0.05, 0.1) is 12.3 Å². The molecule has 0 bridgehead atoms. The van der Waals surface area contributed by atoms with Crippen LogP contribution in [-0.2, 0) is 35.4 Å². The van der Waals surface area contributed by atoms with Gasteiger partial charge in [0.1, 0.15) is 23.5 Å². The Morgan fingerprint density at radius 3 is 2.97 bits per heavy atom. The summed E-state index contributed by atoms with van der Waals surface area (Å²) in [6, 6.07) is -0.771. The lowest BCUT2D eigenvalue weighted by Crippen LogP contribution is -2.67. The van der Waals surface area contributed by atoms with Gasteiger partial charge in [-0.2, -0.15) is 0 Å². The van der Waals surface area contributed by atoms with Crippen LogP contribution in [0.15, 0.2) is 22.0 Å². The van der Waals surface area contributed by atoms with Crippen LogP contribution in [-0.4, -0.2) is 58.8 Å². The molecule has 1 saturated heterocycles. The molecule has 0 spiro atoms. The van der Waals surface area contributed by atoms with Gasteiger partial charge in [0.25, 0.3) is 5.91 Å². The maximum atomic E-state index is 11.9. The van der Waals surface area contributed by atoms with E-state index in [-0.39, 0.29) is 30.9 Å². The zero-order chi connectivity index (χ0) is 21.9. The fourth-order valence-electron chi connectivity index (χ4n) is 1.94. The van der Waals surface area contributed by atoms with Gasteiger partial charge in [-0.1, -0.05) is 5.16 Å². The van der Waals surface area contributed by atoms with Gasteiger partial charge >= 0.3 is 5.97 Å². The number of halogens is 1. The topological polar surface area (TPSA) is 148 Å². The van der Waals surface area contributed by atoms with Gasteiger partial charge in [-0.05, 0) is 12.3 Å². The summed E-state index contributed by atoms with van der Waals surface area (Å²) in [6.45, 7) is 1.94. The molecule has 3 N–H and O–H groups in total. The summed E-state index contributed by atoms with van der Waals surface area (Å²) in [6.07, 6.45) is 2.13. The van der Waals surface area contributed by atoms with Gasteiger partial charge in [0.2, 0.25) is 11.8 Å². The maximum absolute atomic E-state index is 11.9. The summed E-state index contributed by atoms with van der Waals surface area (Å²) < 4.78 is 4.74. The Hall–Kier alpha value is -2.64. The number of carbonyl (C=O) groups excluding carboxylic acids is 4. The highest BCUT2D eigenvalue weighted by molar-refractivity contribution is 8.02. The molecule has 11 nitrogen and oxygen atoms in total. The van der Waals surface area contributed by atoms with Crippen LogP contribution in [0.5, 0.6) is 0 Å². The summed E-state index contributed by atoms with van der Waals surface area (Å²) in [5, 5.41) is 14.2. The van der Waals surface area contributed by atoms with Crippen LogP contribution in [0.2, 0.25) is 0 Å². The van der Waals surface area contributed by atoms with E-state index in [9.17, 15) is 19.2 Å². The summed E-state index contributed by atoms with van der Waals surface area (Å²) in [7, 11) is 0. The monoisotopic (exact) mass is 475 g/mol. The van der Waals surface area contributed by atoms with Gasteiger partial charge in [0, 0.05) is 11.5 Å². The molecule has 14 heteroatoms. The average Bonchev–Trinajstić information content (AvgIpc) is 3.16. The quantitative estimate of drug-likeness (QED) is 0.105. The van der Waals surface area contributed by atoms with Gasteiger partial charge < -0.3 is 25.5 Å². The van der Waals surface area contributed by atoms with Crippen molar-refractivity contribution in [3.05, 3.63) is 22.6 Å². The minimum absolute atomic E-state index is 0.0158. The number of alkyl halides is 1. The van der Waals surface area contributed by atoms with Crippen LogP contribution in [0.25, 0.3) is 0 Å². The Morgan fingerprint density at radius 2 is 2.27 bits per heavy atom. The van der Waals surface area contributed by atoms with Gasteiger partial charge in [-0.3, -0.25) is 14.4 Å². The summed E-state index contributed by atoms with van der Waals surface area (Å²) >= 11 is 7.74. The fourth-order valence-corrected chi connectivity index (χ4v) is 3.61. The highest BCUT2D eigenvalue weighted by Gasteiger charge is 2.40. The molecular formula is C16H18ClN5O6S2. The Labute approximate surface area is 184 Å². The van der Waals surface area contributed by atoms with Crippen LogP contribution < -0.4 is 16.0 Å². The second-order valence-electron chi connectivity index (χ2n) is 5.44. The molecule has 0 unspecified atom stereocenters. The van der Waals surface area contributed by atoms with E-state index in [1.807, 2.05) is 0 Å². The Morgan fingerprint density at radius 1 is 1.47 bits per heavy atom. The number of amides is 3. The number of nitrogens with one attached hydrogen (secondary N) is 3. The lowest BCUT2D eigenvalue weighted by Gasteiger charge is -2.35. The zero-order valence-corrected chi connectivity index (χ0v) is 18.0. The Bertz CT molecular complexity index is 846. The minimum Gasteiger partial charge on any atom is -0.463 e. The van der Waals surface area contributed by atoms with Crippen molar-refractivity contribution in [3.63, 3.8) is 0 Å². The number of hydrogen-bond acceptors (Lipinski definition) is 10. The molecule has 30 heavy (non-hydrogen) atoms. The fraction of sp³-hybridized carbons (Fsp3) is 0.375. The highest BCUT2D eigenvalue weighted by Crippen LogP contribution is 2.21. The lowest BCUT2D eigenvalue weighted by molar-refractivity contribution is -0.137. The van der Waals surface area contributed by atoms with E-state index in [4.69, 9.17) is 21.2 Å². The third-order valence-corrected chi connectivity index (χ3v) is 5.29. The number of β-lactam (4-membered cyclic amide) rings is 1. The van der Waals surface area contributed by atoms with E-state index in [1.165, 1.54) is 22.8 Å². The van der Waals surface area contributed by atoms with Crippen molar-refractivity contribution in [2.45, 2.75) is 24.9 Å². The number of anilines is 1. The van der Waals surface area contributed by atoms with Gasteiger partial charge in [-0.25, -0.2) is 9.78 Å². The second kappa shape index (κ2) is 12.1.